The van der Waals surface area contributed by atoms with Gasteiger partial charge in [0.05, 0.1) is 6.61 Å². The summed E-state index contributed by atoms with van der Waals surface area (Å²) in [5.74, 6) is 0. The van der Waals surface area contributed by atoms with Crippen LogP contribution in [0, 0.1) is 0 Å². The third-order valence-electron chi connectivity index (χ3n) is 1.98. The van der Waals surface area contributed by atoms with E-state index in [1.165, 1.54) is 5.56 Å². The van der Waals surface area contributed by atoms with E-state index in [2.05, 4.69) is 52.4 Å². The Hall–Kier alpha value is -0.380. The summed E-state index contributed by atoms with van der Waals surface area (Å²) in [4.78, 5) is 0. The molecule has 2 nitrogen and oxygen atoms in total. The van der Waals surface area contributed by atoms with Crippen LogP contribution in [0.1, 0.15) is 12.5 Å². The summed E-state index contributed by atoms with van der Waals surface area (Å²) < 4.78 is 6.16. The Balaban J connectivity index is 2.34. The van der Waals surface area contributed by atoms with Gasteiger partial charge in [0.15, 0.2) is 0 Å². The first-order chi connectivity index (χ1) is 6.72. The van der Waals surface area contributed by atoms with E-state index in [4.69, 9.17) is 4.74 Å². The van der Waals surface area contributed by atoms with Gasteiger partial charge in [-0.15, -0.1) is 0 Å². The molecule has 0 bridgehead atoms. The van der Waals surface area contributed by atoms with Gasteiger partial charge in [0.25, 0.3) is 0 Å². The quantitative estimate of drug-likeness (QED) is 0.876. The monoisotopic (exact) mass is 257 g/mol. The molecular weight excluding hydrogens is 242 g/mol. The number of hydrogen-bond acceptors (Lipinski definition) is 2. The van der Waals surface area contributed by atoms with Crippen LogP contribution in [0.15, 0.2) is 28.7 Å². The van der Waals surface area contributed by atoms with E-state index in [9.17, 15) is 0 Å². The molecule has 14 heavy (non-hydrogen) atoms. The predicted molar refractivity (Wildman–Crippen MR) is 62.3 cm³/mol. The Bertz CT molecular complexity index is 260. The second-order valence-electron chi connectivity index (χ2n) is 3.36. The van der Waals surface area contributed by atoms with Gasteiger partial charge in [-0.3, -0.25) is 0 Å². The minimum atomic E-state index is 0.392. The van der Waals surface area contributed by atoms with Crippen molar-refractivity contribution >= 4 is 15.9 Å². The van der Waals surface area contributed by atoms with Gasteiger partial charge in [0, 0.05) is 24.2 Å². The molecule has 0 aromatic heterocycles. The molecule has 0 aliphatic heterocycles. The molecule has 78 valence electrons. The van der Waals surface area contributed by atoms with E-state index in [-0.39, 0.29) is 0 Å². The molecule has 0 heterocycles. The first-order valence-corrected chi connectivity index (χ1v) is 5.48. The molecule has 0 amide bonds. The van der Waals surface area contributed by atoms with Crippen molar-refractivity contribution in [3.63, 3.8) is 0 Å². The standard InChI is InChI=1S/C11H16BrNO/c1-9(8-14-2)13-7-10-3-5-11(12)6-4-10/h3-6,9,13H,7-8H2,1-2H3. The fourth-order valence-electron chi connectivity index (χ4n) is 1.20. The SMILES string of the molecule is COCC(C)NCc1ccc(Br)cc1. The highest BCUT2D eigenvalue weighted by Gasteiger charge is 1.99. The lowest BCUT2D eigenvalue weighted by Gasteiger charge is -2.12. The van der Waals surface area contributed by atoms with Crippen LogP contribution in [0.5, 0.6) is 0 Å². The number of methoxy groups -OCH3 is 1. The van der Waals surface area contributed by atoms with E-state index in [1.54, 1.807) is 7.11 Å². The first-order valence-electron chi connectivity index (χ1n) is 4.69. The number of rotatable bonds is 5. The van der Waals surface area contributed by atoms with Gasteiger partial charge < -0.3 is 10.1 Å². The Morgan fingerprint density at radius 1 is 1.36 bits per heavy atom. The van der Waals surface area contributed by atoms with E-state index < -0.39 is 0 Å². The number of nitrogens with one attached hydrogen (secondary N) is 1. The summed E-state index contributed by atoms with van der Waals surface area (Å²) in [6.07, 6.45) is 0. The third kappa shape index (κ3) is 4.22. The Kier molecular flexibility index (Phi) is 5.15. The largest absolute Gasteiger partial charge is 0.383 e. The molecule has 0 saturated heterocycles. The molecule has 3 heteroatoms. The van der Waals surface area contributed by atoms with Gasteiger partial charge in [-0.1, -0.05) is 28.1 Å². The summed E-state index contributed by atoms with van der Waals surface area (Å²) >= 11 is 3.41. The molecule has 1 aromatic carbocycles. The zero-order valence-corrected chi connectivity index (χ0v) is 10.2. The van der Waals surface area contributed by atoms with Crippen LogP contribution in [0.4, 0.5) is 0 Å². The van der Waals surface area contributed by atoms with Crippen LogP contribution in [-0.2, 0) is 11.3 Å². The van der Waals surface area contributed by atoms with E-state index in [0.717, 1.165) is 17.6 Å². The predicted octanol–water partition coefficient (Wildman–Crippen LogP) is 2.57. The molecule has 0 aliphatic rings. The summed E-state index contributed by atoms with van der Waals surface area (Å²) in [6, 6.07) is 8.71. The van der Waals surface area contributed by atoms with Crippen LogP contribution in [0.3, 0.4) is 0 Å². The average Bonchev–Trinajstić information content (AvgIpc) is 2.17. The van der Waals surface area contributed by atoms with Crippen molar-refractivity contribution in [1.29, 1.82) is 0 Å². The molecule has 1 atom stereocenters. The molecule has 0 aliphatic carbocycles. The lowest BCUT2D eigenvalue weighted by atomic mass is 10.2. The molecule has 0 saturated carbocycles. The van der Waals surface area contributed by atoms with Crippen molar-refractivity contribution in [3.8, 4) is 0 Å². The van der Waals surface area contributed by atoms with Crippen molar-refractivity contribution in [1.82, 2.24) is 5.32 Å². The average molecular weight is 258 g/mol. The maximum absolute atomic E-state index is 5.04. The van der Waals surface area contributed by atoms with Gasteiger partial charge in [-0.2, -0.15) is 0 Å². The fraction of sp³-hybridized carbons (Fsp3) is 0.455. The summed E-state index contributed by atoms with van der Waals surface area (Å²) in [5, 5.41) is 3.38. The summed E-state index contributed by atoms with van der Waals surface area (Å²) in [6.45, 7) is 3.75. The van der Waals surface area contributed by atoms with Crippen LogP contribution < -0.4 is 5.32 Å². The number of ether oxygens (including phenoxy) is 1. The lowest BCUT2D eigenvalue weighted by molar-refractivity contribution is 0.171. The third-order valence-corrected chi connectivity index (χ3v) is 2.51. The van der Waals surface area contributed by atoms with Gasteiger partial charge in [0.1, 0.15) is 0 Å². The molecule has 0 fully saturated rings. The van der Waals surface area contributed by atoms with Gasteiger partial charge >= 0.3 is 0 Å². The molecule has 0 radical (unpaired) electrons. The van der Waals surface area contributed by atoms with Crippen molar-refractivity contribution in [2.75, 3.05) is 13.7 Å². The molecule has 1 N–H and O–H groups in total. The molecular formula is C11H16BrNO. The van der Waals surface area contributed by atoms with Gasteiger partial charge in [-0.05, 0) is 24.6 Å². The van der Waals surface area contributed by atoms with E-state index >= 15 is 0 Å². The highest BCUT2D eigenvalue weighted by atomic mass is 79.9. The second kappa shape index (κ2) is 6.17. The van der Waals surface area contributed by atoms with E-state index in [1.807, 2.05) is 0 Å². The van der Waals surface area contributed by atoms with Crippen molar-refractivity contribution in [3.05, 3.63) is 34.3 Å². The highest BCUT2D eigenvalue weighted by molar-refractivity contribution is 9.10. The van der Waals surface area contributed by atoms with Crippen molar-refractivity contribution in [2.24, 2.45) is 0 Å². The Morgan fingerprint density at radius 2 is 2.00 bits per heavy atom. The van der Waals surface area contributed by atoms with Crippen LogP contribution in [0.25, 0.3) is 0 Å². The maximum atomic E-state index is 5.04. The maximum Gasteiger partial charge on any atom is 0.0613 e. The molecule has 1 aromatic rings. The molecule has 1 rings (SSSR count). The number of halogens is 1. The summed E-state index contributed by atoms with van der Waals surface area (Å²) in [7, 11) is 1.72. The van der Waals surface area contributed by atoms with Crippen LogP contribution >= 0.6 is 15.9 Å². The van der Waals surface area contributed by atoms with Crippen LogP contribution in [-0.4, -0.2) is 19.8 Å². The molecule has 0 spiro atoms. The normalized spacial score (nSPS) is 12.8. The number of hydrogen-bond donors (Lipinski definition) is 1. The smallest absolute Gasteiger partial charge is 0.0613 e. The number of benzene rings is 1. The van der Waals surface area contributed by atoms with Crippen molar-refractivity contribution in [2.45, 2.75) is 19.5 Å². The highest BCUT2D eigenvalue weighted by Crippen LogP contribution is 2.10. The fourth-order valence-corrected chi connectivity index (χ4v) is 1.47. The molecule has 1 unspecified atom stereocenters. The zero-order chi connectivity index (χ0) is 10.4. The second-order valence-corrected chi connectivity index (χ2v) is 4.28. The Morgan fingerprint density at radius 3 is 2.57 bits per heavy atom. The topological polar surface area (TPSA) is 21.3 Å². The zero-order valence-electron chi connectivity index (χ0n) is 8.59. The van der Waals surface area contributed by atoms with Crippen molar-refractivity contribution < 1.29 is 4.74 Å². The van der Waals surface area contributed by atoms with Gasteiger partial charge in [-0.25, -0.2) is 0 Å². The first kappa shape index (κ1) is 11.7. The minimum absolute atomic E-state index is 0.392. The van der Waals surface area contributed by atoms with E-state index in [0.29, 0.717) is 6.04 Å². The van der Waals surface area contributed by atoms with Crippen LogP contribution in [0.2, 0.25) is 0 Å². The minimum Gasteiger partial charge on any atom is -0.383 e. The summed E-state index contributed by atoms with van der Waals surface area (Å²) in [5.41, 5.74) is 1.29. The van der Waals surface area contributed by atoms with Gasteiger partial charge in [0.2, 0.25) is 0 Å². The lowest BCUT2D eigenvalue weighted by Crippen LogP contribution is -2.29. The Labute approximate surface area is 93.8 Å².